The number of halogens is 1. The molecule has 18 heavy (non-hydrogen) atoms. The van der Waals surface area contributed by atoms with Crippen molar-refractivity contribution < 1.29 is 9.53 Å². The Morgan fingerprint density at radius 3 is 2.39 bits per heavy atom. The summed E-state index contributed by atoms with van der Waals surface area (Å²) in [5.74, 6) is 0.912. The van der Waals surface area contributed by atoms with Crippen LogP contribution in [-0.4, -0.2) is 17.3 Å². The van der Waals surface area contributed by atoms with Crippen LogP contribution in [-0.2, 0) is 4.79 Å². The van der Waals surface area contributed by atoms with Crippen LogP contribution in [0.2, 0.25) is 0 Å². The summed E-state index contributed by atoms with van der Waals surface area (Å²) in [5.41, 5.74) is 1.08. The lowest BCUT2D eigenvalue weighted by Crippen LogP contribution is -2.26. The predicted molar refractivity (Wildman–Crippen MR) is 77.2 cm³/mol. The summed E-state index contributed by atoms with van der Waals surface area (Å²) in [6, 6.07) is 7.85. The number of rotatable bonds is 6. The van der Waals surface area contributed by atoms with Crippen LogP contribution in [0.1, 0.15) is 38.8 Å². The third-order valence-corrected chi connectivity index (χ3v) is 2.85. The number of amides is 1. The SMILES string of the molecule is CC(C)Oc1ccc(C(C)NC(=O)CCBr)cc1. The first-order valence-corrected chi connectivity index (χ1v) is 7.27. The molecule has 100 valence electrons. The molecule has 4 heteroatoms. The highest BCUT2D eigenvalue weighted by Crippen LogP contribution is 2.18. The molecule has 3 nitrogen and oxygen atoms in total. The lowest BCUT2D eigenvalue weighted by atomic mass is 10.1. The quantitative estimate of drug-likeness (QED) is 0.817. The Labute approximate surface area is 117 Å². The second-order valence-electron chi connectivity index (χ2n) is 4.46. The van der Waals surface area contributed by atoms with Crippen LogP contribution in [0, 0.1) is 0 Å². The van der Waals surface area contributed by atoms with E-state index >= 15 is 0 Å². The first-order chi connectivity index (χ1) is 8.52. The smallest absolute Gasteiger partial charge is 0.221 e. The topological polar surface area (TPSA) is 38.3 Å². The van der Waals surface area contributed by atoms with Gasteiger partial charge in [0.05, 0.1) is 12.1 Å². The van der Waals surface area contributed by atoms with Crippen molar-refractivity contribution >= 4 is 21.8 Å². The lowest BCUT2D eigenvalue weighted by Gasteiger charge is -2.15. The number of ether oxygens (including phenoxy) is 1. The fourth-order valence-electron chi connectivity index (χ4n) is 1.59. The molecule has 0 fully saturated rings. The van der Waals surface area contributed by atoms with Crippen LogP contribution in [0.3, 0.4) is 0 Å². The Kier molecular flexibility index (Phi) is 6.19. The minimum Gasteiger partial charge on any atom is -0.491 e. The first-order valence-electron chi connectivity index (χ1n) is 6.15. The molecule has 0 aromatic heterocycles. The van der Waals surface area contributed by atoms with E-state index in [1.165, 1.54) is 0 Å². The molecule has 1 atom stereocenters. The van der Waals surface area contributed by atoms with Gasteiger partial charge < -0.3 is 10.1 Å². The molecule has 0 aliphatic rings. The van der Waals surface area contributed by atoms with Gasteiger partial charge in [-0.25, -0.2) is 0 Å². The van der Waals surface area contributed by atoms with E-state index < -0.39 is 0 Å². The number of hydrogen-bond acceptors (Lipinski definition) is 2. The van der Waals surface area contributed by atoms with E-state index in [-0.39, 0.29) is 18.1 Å². The van der Waals surface area contributed by atoms with Crippen molar-refractivity contribution in [2.45, 2.75) is 39.3 Å². The highest BCUT2D eigenvalue weighted by molar-refractivity contribution is 9.09. The largest absolute Gasteiger partial charge is 0.491 e. The van der Waals surface area contributed by atoms with E-state index in [1.807, 2.05) is 45.0 Å². The first kappa shape index (κ1) is 15.0. The van der Waals surface area contributed by atoms with E-state index in [1.54, 1.807) is 0 Å². The summed E-state index contributed by atoms with van der Waals surface area (Å²) in [7, 11) is 0. The molecule has 1 amide bonds. The van der Waals surface area contributed by atoms with E-state index in [0.717, 1.165) is 11.3 Å². The fourth-order valence-corrected chi connectivity index (χ4v) is 1.95. The number of benzene rings is 1. The standard InChI is InChI=1S/C14H20BrNO2/c1-10(2)18-13-6-4-12(5-7-13)11(3)16-14(17)8-9-15/h4-7,10-11H,8-9H2,1-3H3,(H,16,17). The zero-order chi connectivity index (χ0) is 13.5. The van der Waals surface area contributed by atoms with Crippen molar-refractivity contribution in [2.75, 3.05) is 5.33 Å². The zero-order valence-corrected chi connectivity index (χ0v) is 12.7. The third kappa shape index (κ3) is 5.08. The van der Waals surface area contributed by atoms with Crippen LogP contribution in [0.5, 0.6) is 5.75 Å². The normalized spacial score (nSPS) is 12.3. The number of carbonyl (C=O) groups is 1. The van der Waals surface area contributed by atoms with E-state index in [2.05, 4.69) is 21.2 Å². The third-order valence-electron chi connectivity index (χ3n) is 2.45. The molecular weight excluding hydrogens is 294 g/mol. The molecule has 1 aromatic rings. The van der Waals surface area contributed by atoms with Gasteiger partial charge in [0, 0.05) is 11.8 Å². The van der Waals surface area contributed by atoms with Gasteiger partial charge in [0.2, 0.25) is 5.91 Å². The van der Waals surface area contributed by atoms with Gasteiger partial charge in [0.15, 0.2) is 0 Å². The van der Waals surface area contributed by atoms with Crippen LogP contribution < -0.4 is 10.1 Å². The maximum atomic E-state index is 11.5. The molecule has 0 aliphatic heterocycles. The molecule has 0 spiro atoms. The predicted octanol–water partition coefficient (Wildman–Crippen LogP) is 3.44. The van der Waals surface area contributed by atoms with Gasteiger partial charge in [0.1, 0.15) is 5.75 Å². The summed E-state index contributed by atoms with van der Waals surface area (Å²) < 4.78 is 5.58. The molecule has 0 bridgehead atoms. The molecule has 1 unspecified atom stereocenters. The van der Waals surface area contributed by atoms with Crippen LogP contribution in [0.4, 0.5) is 0 Å². The van der Waals surface area contributed by atoms with Crippen LogP contribution >= 0.6 is 15.9 Å². The van der Waals surface area contributed by atoms with Gasteiger partial charge in [-0.1, -0.05) is 28.1 Å². The van der Waals surface area contributed by atoms with Crippen molar-refractivity contribution in [3.05, 3.63) is 29.8 Å². The maximum Gasteiger partial charge on any atom is 0.221 e. The lowest BCUT2D eigenvalue weighted by molar-refractivity contribution is -0.121. The summed E-state index contributed by atoms with van der Waals surface area (Å²) >= 11 is 3.25. The molecule has 0 saturated heterocycles. The Bertz CT molecular complexity index is 376. The summed E-state index contributed by atoms with van der Waals surface area (Å²) in [6.07, 6.45) is 0.672. The Balaban J connectivity index is 2.58. The minimum absolute atomic E-state index is 0.0182. The van der Waals surface area contributed by atoms with Gasteiger partial charge in [-0.3, -0.25) is 4.79 Å². The zero-order valence-electron chi connectivity index (χ0n) is 11.1. The summed E-state index contributed by atoms with van der Waals surface area (Å²) in [5, 5.41) is 3.63. The van der Waals surface area contributed by atoms with Crippen molar-refractivity contribution in [3.63, 3.8) is 0 Å². The Morgan fingerprint density at radius 2 is 1.89 bits per heavy atom. The second kappa shape index (κ2) is 7.41. The average Bonchev–Trinajstić information content (AvgIpc) is 2.29. The molecule has 0 heterocycles. The molecule has 0 radical (unpaired) electrons. The minimum atomic E-state index is 0.0182. The molecule has 1 N–H and O–H groups in total. The Morgan fingerprint density at radius 1 is 1.28 bits per heavy atom. The van der Waals surface area contributed by atoms with Crippen LogP contribution in [0.25, 0.3) is 0 Å². The molecule has 1 aromatic carbocycles. The number of alkyl halides is 1. The van der Waals surface area contributed by atoms with Crippen molar-refractivity contribution in [2.24, 2.45) is 0 Å². The van der Waals surface area contributed by atoms with E-state index in [0.29, 0.717) is 11.8 Å². The molecular formula is C14H20BrNO2. The fraction of sp³-hybridized carbons (Fsp3) is 0.500. The van der Waals surface area contributed by atoms with Crippen molar-refractivity contribution in [3.8, 4) is 5.75 Å². The van der Waals surface area contributed by atoms with E-state index in [9.17, 15) is 4.79 Å². The van der Waals surface area contributed by atoms with Gasteiger partial charge >= 0.3 is 0 Å². The summed E-state index contributed by atoms with van der Waals surface area (Å²) in [4.78, 5) is 11.5. The molecule has 0 saturated carbocycles. The van der Waals surface area contributed by atoms with Crippen molar-refractivity contribution in [1.82, 2.24) is 5.32 Å². The average molecular weight is 314 g/mol. The summed E-state index contributed by atoms with van der Waals surface area (Å²) in [6.45, 7) is 5.97. The van der Waals surface area contributed by atoms with Gasteiger partial charge in [0.25, 0.3) is 0 Å². The van der Waals surface area contributed by atoms with Crippen LogP contribution in [0.15, 0.2) is 24.3 Å². The van der Waals surface area contributed by atoms with Gasteiger partial charge in [-0.05, 0) is 38.5 Å². The highest BCUT2D eigenvalue weighted by Gasteiger charge is 2.09. The van der Waals surface area contributed by atoms with Gasteiger partial charge in [-0.2, -0.15) is 0 Å². The van der Waals surface area contributed by atoms with Gasteiger partial charge in [-0.15, -0.1) is 0 Å². The van der Waals surface area contributed by atoms with E-state index in [4.69, 9.17) is 4.74 Å². The molecule has 0 aliphatic carbocycles. The second-order valence-corrected chi connectivity index (χ2v) is 5.26. The monoisotopic (exact) mass is 313 g/mol. The number of hydrogen-bond donors (Lipinski definition) is 1. The molecule has 1 rings (SSSR count). The number of carbonyl (C=O) groups excluding carboxylic acids is 1. The highest BCUT2D eigenvalue weighted by atomic mass is 79.9. The Hall–Kier alpha value is -1.03. The number of nitrogens with one attached hydrogen (secondary N) is 1. The maximum absolute atomic E-state index is 11.5. The van der Waals surface area contributed by atoms with Crippen molar-refractivity contribution in [1.29, 1.82) is 0 Å².